The molecular formula is C14H19N3O4S. The highest BCUT2D eigenvalue weighted by Crippen LogP contribution is 2.39. The third kappa shape index (κ3) is 3.56. The van der Waals surface area contributed by atoms with Gasteiger partial charge in [-0.1, -0.05) is 0 Å². The molecule has 2 fully saturated rings. The van der Waals surface area contributed by atoms with Crippen molar-refractivity contribution < 1.29 is 13.3 Å². The van der Waals surface area contributed by atoms with Gasteiger partial charge < -0.3 is 4.90 Å². The maximum absolute atomic E-state index is 11.4. The number of benzene rings is 1. The van der Waals surface area contributed by atoms with Crippen LogP contribution in [-0.4, -0.2) is 26.4 Å². The van der Waals surface area contributed by atoms with Crippen LogP contribution in [-0.2, 0) is 10.0 Å². The Morgan fingerprint density at radius 3 is 2.14 bits per heavy atom. The maximum Gasteiger partial charge on any atom is 0.293 e. The van der Waals surface area contributed by atoms with Gasteiger partial charge in [0.2, 0.25) is 10.0 Å². The van der Waals surface area contributed by atoms with E-state index < -0.39 is 14.9 Å². The van der Waals surface area contributed by atoms with Gasteiger partial charge in [-0.05, 0) is 49.7 Å². The molecule has 0 aliphatic heterocycles. The quantitative estimate of drug-likeness (QED) is 0.608. The summed E-state index contributed by atoms with van der Waals surface area (Å²) in [5, 5.41) is 16.4. The van der Waals surface area contributed by atoms with Crippen molar-refractivity contribution in [3.05, 3.63) is 28.3 Å². The summed E-state index contributed by atoms with van der Waals surface area (Å²) in [6, 6.07) is 3.94. The first kappa shape index (κ1) is 15.2. The first-order valence-corrected chi connectivity index (χ1v) is 8.95. The average molecular weight is 325 g/mol. The van der Waals surface area contributed by atoms with Crippen molar-refractivity contribution in [1.29, 1.82) is 0 Å². The average Bonchev–Trinajstić information content (AvgIpc) is 3.31. The minimum atomic E-state index is -3.95. The van der Waals surface area contributed by atoms with E-state index >= 15 is 0 Å². The van der Waals surface area contributed by atoms with Gasteiger partial charge in [-0.2, -0.15) is 0 Å². The van der Waals surface area contributed by atoms with Crippen LogP contribution in [0.5, 0.6) is 0 Å². The van der Waals surface area contributed by atoms with E-state index in [1.54, 1.807) is 0 Å². The van der Waals surface area contributed by atoms with E-state index in [0.717, 1.165) is 44.8 Å². The summed E-state index contributed by atoms with van der Waals surface area (Å²) in [5.74, 6) is 1.19. The van der Waals surface area contributed by atoms with E-state index in [1.165, 1.54) is 12.1 Å². The van der Waals surface area contributed by atoms with E-state index in [4.69, 9.17) is 5.14 Å². The highest BCUT2D eigenvalue weighted by molar-refractivity contribution is 7.89. The summed E-state index contributed by atoms with van der Waals surface area (Å²) in [5.41, 5.74) is 0.309. The smallest absolute Gasteiger partial charge is 0.293 e. The summed E-state index contributed by atoms with van der Waals surface area (Å²) >= 11 is 0. The summed E-state index contributed by atoms with van der Waals surface area (Å²) in [6.45, 7) is 1.60. The maximum atomic E-state index is 11.4. The van der Waals surface area contributed by atoms with Gasteiger partial charge in [-0.3, -0.25) is 10.1 Å². The highest BCUT2D eigenvalue weighted by atomic mass is 32.2. The number of sulfonamides is 1. The largest absolute Gasteiger partial charge is 0.365 e. The fourth-order valence-electron chi connectivity index (χ4n) is 2.59. The number of hydrogen-bond acceptors (Lipinski definition) is 5. The van der Waals surface area contributed by atoms with Gasteiger partial charge >= 0.3 is 0 Å². The van der Waals surface area contributed by atoms with Gasteiger partial charge in [-0.25, -0.2) is 13.6 Å². The van der Waals surface area contributed by atoms with Crippen LogP contribution in [0.3, 0.4) is 0 Å². The molecule has 0 heterocycles. The van der Waals surface area contributed by atoms with Crippen molar-refractivity contribution >= 4 is 21.4 Å². The van der Waals surface area contributed by atoms with Crippen molar-refractivity contribution in [1.82, 2.24) is 0 Å². The zero-order valence-electron chi connectivity index (χ0n) is 12.1. The zero-order valence-corrected chi connectivity index (χ0v) is 13.0. The molecule has 8 heteroatoms. The molecule has 120 valence electrons. The summed E-state index contributed by atoms with van der Waals surface area (Å²) in [6.07, 6.45) is 4.63. The third-order valence-electron chi connectivity index (χ3n) is 4.16. The Balaban J connectivity index is 1.96. The SMILES string of the molecule is NS(=O)(=O)c1ccc(N(CC2CC2)CC2CC2)c([N+](=O)[O-])c1. The second-order valence-electron chi connectivity index (χ2n) is 6.24. The van der Waals surface area contributed by atoms with Crippen molar-refractivity contribution in [2.75, 3.05) is 18.0 Å². The number of anilines is 1. The first-order chi connectivity index (χ1) is 10.3. The Morgan fingerprint density at radius 2 is 1.73 bits per heavy atom. The van der Waals surface area contributed by atoms with Crippen molar-refractivity contribution in [3.8, 4) is 0 Å². The van der Waals surface area contributed by atoms with Crippen LogP contribution in [0.4, 0.5) is 11.4 Å². The van der Waals surface area contributed by atoms with Gasteiger partial charge in [0, 0.05) is 19.2 Å². The van der Waals surface area contributed by atoms with E-state index in [9.17, 15) is 18.5 Å². The topological polar surface area (TPSA) is 107 Å². The van der Waals surface area contributed by atoms with Crippen LogP contribution in [0.2, 0.25) is 0 Å². The molecule has 2 N–H and O–H groups in total. The van der Waals surface area contributed by atoms with Gasteiger partial charge in [0.05, 0.1) is 9.82 Å². The monoisotopic (exact) mass is 325 g/mol. The number of nitrogens with two attached hydrogens (primary N) is 1. The molecule has 0 spiro atoms. The molecule has 0 aromatic heterocycles. The molecular weight excluding hydrogens is 306 g/mol. The van der Waals surface area contributed by atoms with Gasteiger partial charge in [0.25, 0.3) is 5.69 Å². The second kappa shape index (κ2) is 5.51. The molecule has 0 atom stereocenters. The minimum Gasteiger partial charge on any atom is -0.365 e. The van der Waals surface area contributed by atoms with Crippen LogP contribution >= 0.6 is 0 Å². The lowest BCUT2D eigenvalue weighted by Gasteiger charge is -2.24. The molecule has 0 amide bonds. The van der Waals surface area contributed by atoms with Crippen molar-refractivity contribution in [3.63, 3.8) is 0 Å². The number of hydrogen-bond donors (Lipinski definition) is 1. The molecule has 0 unspecified atom stereocenters. The Morgan fingerprint density at radius 1 is 1.18 bits per heavy atom. The highest BCUT2D eigenvalue weighted by Gasteiger charge is 2.32. The van der Waals surface area contributed by atoms with Crippen LogP contribution < -0.4 is 10.0 Å². The van der Waals surface area contributed by atoms with Crippen molar-refractivity contribution in [2.24, 2.45) is 17.0 Å². The molecule has 0 saturated heterocycles. The number of nitro groups is 1. The minimum absolute atomic E-state index is 0.187. The van der Waals surface area contributed by atoms with E-state index in [-0.39, 0.29) is 10.6 Å². The van der Waals surface area contributed by atoms with Gasteiger partial charge in [0.15, 0.2) is 0 Å². The molecule has 22 heavy (non-hydrogen) atoms. The van der Waals surface area contributed by atoms with Crippen LogP contribution in [0, 0.1) is 22.0 Å². The summed E-state index contributed by atoms with van der Waals surface area (Å²) in [7, 11) is -3.95. The molecule has 2 saturated carbocycles. The Bertz CT molecular complexity index is 682. The Hall–Kier alpha value is -1.67. The van der Waals surface area contributed by atoms with E-state index in [2.05, 4.69) is 0 Å². The fraction of sp³-hybridized carbons (Fsp3) is 0.571. The lowest BCUT2D eigenvalue weighted by Crippen LogP contribution is -2.29. The number of primary sulfonamides is 1. The zero-order chi connectivity index (χ0) is 15.9. The fourth-order valence-corrected chi connectivity index (χ4v) is 3.12. The Kier molecular flexibility index (Phi) is 3.82. The molecule has 3 rings (SSSR count). The first-order valence-electron chi connectivity index (χ1n) is 7.41. The second-order valence-corrected chi connectivity index (χ2v) is 7.81. The molecule has 1 aromatic rings. The van der Waals surface area contributed by atoms with Crippen LogP contribution in [0.25, 0.3) is 0 Å². The van der Waals surface area contributed by atoms with Gasteiger partial charge in [-0.15, -0.1) is 0 Å². The lowest BCUT2D eigenvalue weighted by atomic mass is 10.2. The predicted octanol–water partition coefficient (Wildman–Crippen LogP) is 1.87. The van der Waals surface area contributed by atoms with E-state index in [0.29, 0.717) is 17.5 Å². The predicted molar refractivity (Wildman–Crippen MR) is 82.1 cm³/mol. The number of rotatable bonds is 7. The van der Waals surface area contributed by atoms with Crippen LogP contribution in [0.15, 0.2) is 23.1 Å². The molecule has 2 aliphatic rings. The molecule has 7 nitrogen and oxygen atoms in total. The van der Waals surface area contributed by atoms with Crippen LogP contribution in [0.1, 0.15) is 25.7 Å². The molecule has 0 radical (unpaired) electrons. The standard InChI is InChI=1S/C14H19N3O4S/c15-22(20,21)12-5-6-13(14(7-12)17(18)19)16(8-10-1-2-10)9-11-3-4-11/h5-7,10-11H,1-4,8-9H2,(H2,15,20,21). The normalized spacial score (nSPS) is 18.2. The number of nitrogens with zero attached hydrogens (tertiary/aromatic N) is 2. The molecule has 0 bridgehead atoms. The van der Waals surface area contributed by atoms with Crippen molar-refractivity contribution in [2.45, 2.75) is 30.6 Å². The Labute approximate surface area is 129 Å². The van der Waals surface area contributed by atoms with E-state index in [1.807, 2.05) is 4.90 Å². The lowest BCUT2D eigenvalue weighted by molar-refractivity contribution is -0.384. The summed E-state index contributed by atoms with van der Waals surface area (Å²) in [4.78, 5) is 12.6. The summed E-state index contributed by atoms with van der Waals surface area (Å²) < 4.78 is 22.8. The molecule has 1 aromatic carbocycles. The molecule has 2 aliphatic carbocycles. The third-order valence-corrected chi connectivity index (χ3v) is 5.07. The number of nitro benzene ring substituents is 1. The van der Waals surface area contributed by atoms with Gasteiger partial charge in [0.1, 0.15) is 5.69 Å².